The van der Waals surface area contributed by atoms with Crippen LogP contribution in [0.3, 0.4) is 0 Å². The summed E-state index contributed by atoms with van der Waals surface area (Å²) in [5, 5.41) is -0.254. The molecule has 2 amide bonds. The molecule has 1 aromatic rings. The third-order valence-electron chi connectivity index (χ3n) is 12.2. The number of unbranched alkanes of at least 4 members (excludes halogenated alkanes) is 3. The molecule has 57 heavy (non-hydrogen) atoms. The van der Waals surface area contributed by atoms with E-state index in [1.165, 1.54) is 4.90 Å². The zero-order chi connectivity index (χ0) is 43.7. The van der Waals surface area contributed by atoms with E-state index in [4.69, 9.17) is 54.1 Å². The Morgan fingerprint density at radius 3 is 2.09 bits per heavy atom. The van der Waals surface area contributed by atoms with Crippen LogP contribution in [0, 0.1) is 5.92 Å². The molecule has 1 aromatic carbocycles. The molecule has 1 aliphatic rings. The van der Waals surface area contributed by atoms with E-state index in [1.54, 1.807) is 37.4 Å². The molecule has 0 bridgehead atoms. The number of nitrogens with two attached hydrogens (primary N) is 1. The van der Waals surface area contributed by atoms with Gasteiger partial charge in [-0.3, -0.25) is 4.79 Å². The number of benzene rings is 1. The summed E-state index contributed by atoms with van der Waals surface area (Å²) in [6.45, 7) is 23.5. The van der Waals surface area contributed by atoms with E-state index in [0.717, 1.165) is 25.7 Å². The van der Waals surface area contributed by atoms with Crippen molar-refractivity contribution in [3.8, 4) is 0 Å². The number of primary amides is 1. The SMILES string of the molecule is CCCCC[C@@H](/C=C/[C@H]1[C@H](O[Si](C)(C)C(C)(C)C)C[C@H](N(C)C(=O)OCC(Cl)(Cl)Cl)[C@]1(C/C=C\CCCC(N)=O)S(=O)(=O)c1ccccc1)O[Si](C)(C)C(C)(C)C. The molecule has 0 radical (unpaired) electrons. The van der Waals surface area contributed by atoms with Crippen molar-refractivity contribution in [3.05, 3.63) is 54.6 Å². The number of carbonyl (C=O) groups excluding carboxylic acids is 2. The molecule has 2 rings (SSSR count). The zero-order valence-electron chi connectivity index (χ0n) is 36.5. The summed E-state index contributed by atoms with van der Waals surface area (Å²) in [5.74, 6) is -1.14. The predicted octanol–water partition coefficient (Wildman–Crippen LogP) is 11.5. The van der Waals surface area contributed by atoms with Crippen LogP contribution in [-0.4, -0.2) is 82.4 Å². The predicted molar refractivity (Wildman–Crippen MR) is 242 cm³/mol. The number of allylic oxidation sites excluding steroid dienone is 2. The highest BCUT2D eigenvalue weighted by molar-refractivity contribution is 7.93. The molecule has 2 N–H and O–H groups in total. The quantitative estimate of drug-likeness (QED) is 0.0598. The van der Waals surface area contributed by atoms with Gasteiger partial charge in [0.2, 0.25) is 9.70 Å². The number of ether oxygens (including phenoxy) is 1. The van der Waals surface area contributed by atoms with Crippen molar-refractivity contribution in [3.63, 3.8) is 0 Å². The molecular formula is C42H71Cl3N2O7SSi2. The maximum absolute atomic E-state index is 15.7. The molecule has 0 saturated heterocycles. The van der Waals surface area contributed by atoms with E-state index < -0.39 is 71.7 Å². The van der Waals surface area contributed by atoms with E-state index in [2.05, 4.69) is 80.7 Å². The number of nitrogens with zero attached hydrogens (tertiary/aromatic N) is 1. The normalized spacial score (nSPS) is 22.0. The molecule has 0 heterocycles. The van der Waals surface area contributed by atoms with Crippen LogP contribution in [0.1, 0.15) is 106 Å². The second-order valence-corrected chi connectivity index (χ2v) is 32.8. The molecule has 9 nitrogen and oxygen atoms in total. The first-order valence-corrected chi connectivity index (χ1v) is 28.7. The third-order valence-corrected chi connectivity index (χ3v) is 24.1. The summed E-state index contributed by atoms with van der Waals surface area (Å²) in [7, 11) is -7.55. The van der Waals surface area contributed by atoms with Crippen LogP contribution in [0.25, 0.3) is 0 Å². The summed E-state index contributed by atoms with van der Waals surface area (Å²) in [4.78, 5) is 26.9. The molecule has 326 valence electrons. The Labute approximate surface area is 361 Å². The highest BCUT2D eigenvalue weighted by atomic mass is 35.6. The fourth-order valence-corrected chi connectivity index (χ4v) is 12.1. The zero-order valence-corrected chi connectivity index (χ0v) is 41.6. The van der Waals surface area contributed by atoms with Gasteiger partial charge >= 0.3 is 6.09 Å². The van der Waals surface area contributed by atoms with Crippen molar-refractivity contribution in [1.82, 2.24) is 4.90 Å². The van der Waals surface area contributed by atoms with Gasteiger partial charge in [0.05, 0.1) is 23.1 Å². The summed E-state index contributed by atoms with van der Waals surface area (Å²) < 4.78 is 47.7. The molecule has 15 heteroatoms. The lowest BCUT2D eigenvalue weighted by Crippen LogP contribution is -2.57. The van der Waals surface area contributed by atoms with Crippen LogP contribution in [-0.2, 0) is 28.2 Å². The first-order chi connectivity index (χ1) is 26.0. The highest BCUT2D eigenvalue weighted by Gasteiger charge is 2.65. The van der Waals surface area contributed by atoms with Crippen LogP contribution in [0.15, 0.2) is 59.5 Å². The van der Waals surface area contributed by atoms with Crippen LogP contribution in [0.4, 0.5) is 4.79 Å². The maximum Gasteiger partial charge on any atom is 0.409 e. The third kappa shape index (κ3) is 14.1. The van der Waals surface area contributed by atoms with Crippen molar-refractivity contribution in [1.29, 1.82) is 0 Å². The average molecular weight is 911 g/mol. The lowest BCUT2D eigenvalue weighted by atomic mass is 9.86. The summed E-state index contributed by atoms with van der Waals surface area (Å²) in [5.41, 5.74) is 5.41. The first kappa shape index (κ1) is 51.8. The number of hydrogen-bond acceptors (Lipinski definition) is 7. The first-order valence-electron chi connectivity index (χ1n) is 20.3. The molecule has 0 spiro atoms. The van der Waals surface area contributed by atoms with Crippen molar-refractivity contribution in [2.45, 2.75) is 174 Å². The van der Waals surface area contributed by atoms with Gasteiger partial charge in [-0.1, -0.05) is 145 Å². The molecule has 0 aliphatic heterocycles. The van der Waals surface area contributed by atoms with E-state index in [-0.39, 0.29) is 40.3 Å². The van der Waals surface area contributed by atoms with Crippen molar-refractivity contribution in [2.75, 3.05) is 13.7 Å². The number of hydrogen-bond donors (Lipinski definition) is 1. The second-order valence-electron chi connectivity index (χ2n) is 18.6. The number of rotatable bonds is 20. The topological polar surface area (TPSA) is 125 Å². The van der Waals surface area contributed by atoms with Crippen molar-refractivity contribution >= 4 is 73.3 Å². The van der Waals surface area contributed by atoms with Gasteiger partial charge in [0, 0.05) is 19.4 Å². The number of alkyl halides is 3. The Hall–Kier alpha value is -1.39. The molecule has 5 atom stereocenters. The molecule has 0 unspecified atom stereocenters. The molecule has 1 aliphatic carbocycles. The number of halogens is 3. The number of sulfone groups is 1. The molecule has 0 aromatic heterocycles. The fraction of sp³-hybridized carbons (Fsp3) is 0.714. The van der Waals surface area contributed by atoms with E-state index in [9.17, 15) is 9.59 Å². The van der Waals surface area contributed by atoms with Gasteiger partial charge in [-0.2, -0.15) is 0 Å². The fourth-order valence-electron chi connectivity index (χ4n) is 6.85. The van der Waals surface area contributed by atoms with Gasteiger partial charge in [-0.05, 0) is 80.5 Å². The Balaban J connectivity index is 3.05. The molecular weight excluding hydrogens is 839 g/mol. The van der Waals surface area contributed by atoms with Gasteiger partial charge in [0.1, 0.15) is 11.4 Å². The highest BCUT2D eigenvalue weighted by Crippen LogP contribution is 2.53. The van der Waals surface area contributed by atoms with E-state index in [0.29, 0.717) is 12.8 Å². The summed E-state index contributed by atoms with van der Waals surface area (Å²) in [6, 6.07) is 7.44. The smallest absolute Gasteiger partial charge is 0.409 e. The van der Waals surface area contributed by atoms with Crippen LogP contribution in [0.5, 0.6) is 0 Å². The summed E-state index contributed by atoms with van der Waals surface area (Å²) >= 11 is 18.0. The molecule has 1 saturated carbocycles. The van der Waals surface area contributed by atoms with Gasteiger partial charge in [-0.15, -0.1) is 0 Å². The number of carbonyl (C=O) groups is 2. The van der Waals surface area contributed by atoms with Gasteiger partial charge in [0.15, 0.2) is 26.5 Å². The summed E-state index contributed by atoms with van der Waals surface area (Å²) in [6.07, 6.45) is 11.4. The minimum absolute atomic E-state index is 0.0313. The largest absolute Gasteiger partial charge is 0.445 e. The van der Waals surface area contributed by atoms with Crippen LogP contribution >= 0.6 is 34.8 Å². The van der Waals surface area contributed by atoms with Crippen molar-refractivity contribution in [2.24, 2.45) is 11.7 Å². The lowest BCUT2D eigenvalue weighted by molar-refractivity contribution is -0.118. The van der Waals surface area contributed by atoms with E-state index in [1.807, 2.05) is 18.2 Å². The Bertz CT molecular complexity index is 1620. The molecule has 1 fully saturated rings. The second kappa shape index (κ2) is 20.9. The monoisotopic (exact) mass is 908 g/mol. The minimum Gasteiger partial charge on any atom is -0.445 e. The van der Waals surface area contributed by atoms with Gasteiger partial charge in [-0.25, -0.2) is 13.2 Å². The Morgan fingerprint density at radius 2 is 1.56 bits per heavy atom. The van der Waals surface area contributed by atoms with Crippen LogP contribution in [0.2, 0.25) is 36.3 Å². The average Bonchev–Trinajstić information content (AvgIpc) is 3.39. The van der Waals surface area contributed by atoms with E-state index >= 15 is 8.42 Å². The van der Waals surface area contributed by atoms with Gasteiger partial charge < -0.3 is 24.2 Å². The number of amides is 2. The van der Waals surface area contributed by atoms with Crippen LogP contribution < -0.4 is 5.73 Å². The minimum atomic E-state index is -4.28. The lowest BCUT2D eigenvalue weighted by Gasteiger charge is -2.43. The standard InChI is InChI=1S/C42H71Cl3N2O7SSi2/c1-13-14-18-23-32(53-56(9,10)39(2,3)4)27-28-34-35(54-57(11,12)40(5,6)7)30-36(47(8)38(49)52-31-42(43,44)45)41(34,29-22-16-15-21-26-37(46)48)55(50,51)33-24-19-17-20-25-33/h16-17,19-20,22,24-25,27-28,32,34-36H,13-15,18,21,23,26,29-31H2,1-12H3,(H2,46,48)/b22-16-,28-27+/t32-,34-,35+,36-,41+/m0/s1. The maximum atomic E-state index is 15.7. The van der Waals surface area contributed by atoms with Gasteiger partial charge in [0.25, 0.3) is 0 Å². The Morgan fingerprint density at radius 1 is 0.965 bits per heavy atom. The van der Waals surface area contributed by atoms with Crippen molar-refractivity contribution < 1.29 is 31.6 Å². The Kier molecular flexibility index (Phi) is 19.0.